The molecule has 1 fully saturated rings. The first-order valence-electron chi connectivity index (χ1n) is 12.8. The summed E-state index contributed by atoms with van der Waals surface area (Å²) in [4.78, 5) is 52.2. The van der Waals surface area contributed by atoms with E-state index in [9.17, 15) is 19.2 Å². The van der Waals surface area contributed by atoms with Gasteiger partial charge in [0.05, 0.1) is 18.4 Å². The number of ketones is 1. The lowest BCUT2D eigenvalue weighted by atomic mass is 9.90. The summed E-state index contributed by atoms with van der Waals surface area (Å²) < 4.78 is 10.7. The number of hydrogen-bond acceptors (Lipinski definition) is 7. The lowest BCUT2D eigenvalue weighted by molar-refractivity contribution is -0.151. The zero-order valence-electron chi connectivity index (χ0n) is 21.4. The number of aliphatic hydroxyl groups excluding tert-OH is 1. The molecule has 2 aromatic carbocycles. The van der Waals surface area contributed by atoms with Crippen molar-refractivity contribution in [2.24, 2.45) is 11.8 Å². The topological polar surface area (TPSA) is 110 Å². The first kappa shape index (κ1) is 28.1. The van der Waals surface area contributed by atoms with E-state index < -0.39 is 23.8 Å². The molecule has 0 saturated carbocycles. The molecule has 0 aliphatic carbocycles. The van der Waals surface area contributed by atoms with Crippen molar-refractivity contribution >= 4 is 23.6 Å². The standard InChI is InChI=1S/C29H35NO7/c1-3-21(29(35)36-17-16-31)19-24(30-15-7-10-26(30)32)18-20(2)28(34)37-25-13-11-23(12-14-25)27(33)22-8-5-4-6-9-22/h4-6,8-9,11-14,20-21,24,31H,3,7,10,15-19H2,1-2H3. The van der Waals surface area contributed by atoms with Crippen LogP contribution in [0.4, 0.5) is 0 Å². The summed E-state index contributed by atoms with van der Waals surface area (Å²) in [5, 5.41) is 8.96. The maximum Gasteiger partial charge on any atom is 0.314 e. The SMILES string of the molecule is CCC(CC(CC(C)C(=O)Oc1ccc(C(=O)c2ccccc2)cc1)N1CCCC1=O)C(=O)OCCO. The number of amides is 1. The van der Waals surface area contributed by atoms with Crippen LogP contribution in [0.25, 0.3) is 0 Å². The molecule has 1 aliphatic rings. The molecule has 8 nitrogen and oxygen atoms in total. The number of carbonyl (C=O) groups excluding carboxylic acids is 4. The lowest BCUT2D eigenvalue weighted by Gasteiger charge is -2.31. The highest BCUT2D eigenvalue weighted by Crippen LogP contribution is 2.27. The number of esters is 2. The molecule has 198 valence electrons. The van der Waals surface area contributed by atoms with Gasteiger partial charge in [0.25, 0.3) is 0 Å². The van der Waals surface area contributed by atoms with E-state index in [0.29, 0.717) is 49.1 Å². The van der Waals surface area contributed by atoms with E-state index in [1.807, 2.05) is 13.0 Å². The third kappa shape index (κ3) is 7.73. The van der Waals surface area contributed by atoms with Gasteiger partial charge < -0.3 is 19.5 Å². The van der Waals surface area contributed by atoms with Gasteiger partial charge in [-0.15, -0.1) is 0 Å². The van der Waals surface area contributed by atoms with Crippen LogP contribution in [0.3, 0.4) is 0 Å². The Bertz CT molecular complexity index is 1070. The summed E-state index contributed by atoms with van der Waals surface area (Å²) >= 11 is 0. The van der Waals surface area contributed by atoms with E-state index in [2.05, 4.69) is 0 Å². The van der Waals surface area contributed by atoms with E-state index >= 15 is 0 Å². The van der Waals surface area contributed by atoms with Gasteiger partial charge in [-0.25, -0.2) is 0 Å². The van der Waals surface area contributed by atoms with E-state index in [4.69, 9.17) is 14.6 Å². The van der Waals surface area contributed by atoms with Crippen LogP contribution in [0.1, 0.15) is 61.9 Å². The highest BCUT2D eigenvalue weighted by molar-refractivity contribution is 6.09. The first-order chi connectivity index (χ1) is 17.8. The number of ether oxygens (including phenoxy) is 2. The molecule has 2 aromatic rings. The fourth-order valence-electron chi connectivity index (χ4n) is 4.58. The minimum Gasteiger partial charge on any atom is -0.463 e. The minimum atomic E-state index is -0.532. The fourth-order valence-corrected chi connectivity index (χ4v) is 4.58. The molecule has 0 spiro atoms. The highest BCUT2D eigenvalue weighted by atomic mass is 16.5. The number of hydrogen-bond donors (Lipinski definition) is 1. The van der Waals surface area contributed by atoms with Crippen LogP contribution in [0.2, 0.25) is 0 Å². The zero-order valence-corrected chi connectivity index (χ0v) is 21.4. The molecule has 3 atom stereocenters. The second-order valence-electron chi connectivity index (χ2n) is 9.35. The fraction of sp³-hybridized carbons (Fsp3) is 0.448. The summed E-state index contributed by atoms with van der Waals surface area (Å²) in [7, 11) is 0. The predicted octanol–water partition coefficient (Wildman–Crippen LogP) is 3.79. The van der Waals surface area contributed by atoms with Crippen molar-refractivity contribution in [3.05, 3.63) is 65.7 Å². The van der Waals surface area contributed by atoms with Crippen molar-refractivity contribution in [1.82, 2.24) is 4.90 Å². The Labute approximate surface area is 217 Å². The largest absolute Gasteiger partial charge is 0.463 e. The summed E-state index contributed by atoms with van der Waals surface area (Å²) in [6.45, 7) is 3.89. The molecule has 1 aliphatic heterocycles. The number of benzene rings is 2. The maximum absolute atomic E-state index is 12.9. The van der Waals surface area contributed by atoms with Crippen LogP contribution in [-0.2, 0) is 19.1 Å². The van der Waals surface area contributed by atoms with Crippen LogP contribution < -0.4 is 4.74 Å². The summed E-state index contributed by atoms with van der Waals surface area (Å²) in [6.07, 6.45) is 2.44. The number of likely N-dealkylation sites (tertiary alicyclic amines) is 1. The Morgan fingerprint density at radius 3 is 2.24 bits per heavy atom. The molecule has 1 saturated heterocycles. The molecule has 1 amide bonds. The van der Waals surface area contributed by atoms with Gasteiger partial charge in [-0.1, -0.05) is 44.2 Å². The Balaban J connectivity index is 1.64. The van der Waals surface area contributed by atoms with Gasteiger partial charge in [0.15, 0.2) is 5.78 Å². The van der Waals surface area contributed by atoms with Crippen molar-refractivity contribution in [3.63, 3.8) is 0 Å². The normalized spacial score (nSPS) is 15.6. The van der Waals surface area contributed by atoms with Crippen LogP contribution in [0.5, 0.6) is 5.75 Å². The van der Waals surface area contributed by atoms with Crippen LogP contribution >= 0.6 is 0 Å². The van der Waals surface area contributed by atoms with Gasteiger partial charge in [-0.05, 0) is 49.9 Å². The number of carbonyl (C=O) groups is 4. The van der Waals surface area contributed by atoms with Gasteiger partial charge in [-0.3, -0.25) is 19.2 Å². The van der Waals surface area contributed by atoms with E-state index in [-0.39, 0.29) is 30.9 Å². The second kappa shape index (κ2) is 13.7. The van der Waals surface area contributed by atoms with Crippen molar-refractivity contribution < 1.29 is 33.8 Å². The molecule has 3 unspecified atom stereocenters. The number of aliphatic hydroxyl groups is 1. The average molecular weight is 510 g/mol. The molecule has 3 rings (SSSR count). The van der Waals surface area contributed by atoms with Crippen molar-refractivity contribution in [3.8, 4) is 5.75 Å². The second-order valence-corrected chi connectivity index (χ2v) is 9.35. The van der Waals surface area contributed by atoms with E-state index in [0.717, 1.165) is 6.42 Å². The third-order valence-corrected chi connectivity index (χ3v) is 6.67. The van der Waals surface area contributed by atoms with Crippen LogP contribution in [0, 0.1) is 11.8 Å². The predicted molar refractivity (Wildman–Crippen MR) is 137 cm³/mol. The van der Waals surface area contributed by atoms with Gasteiger partial charge in [0.2, 0.25) is 5.91 Å². The monoisotopic (exact) mass is 509 g/mol. The Morgan fingerprint density at radius 1 is 0.973 bits per heavy atom. The maximum atomic E-state index is 12.9. The number of rotatable bonds is 13. The number of nitrogens with zero attached hydrogens (tertiary/aromatic N) is 1. The lowest BCUT2D eigenvalue weighted by Crippen LogP contribution is -2.41. The van der Waals surface area contributed by atoms with Crippen molar-refractivity contribution in [2.45, 2.75) is 52.0 Å². The molecule has 1 N–H and O–H groups in total. The van der Waals surface area contributed by atoms with Gasteiger partial charge in [0.1, 0.15) is 12.4 Å². The Hall–Kier alpha value is -3.52. The molecule has 8 heteroatoms. The smallest absolute Gasteiger partial charge is 0.314 e. The minimum absolute atomic E-state index is 0.0165. The summed E-state index contributed by atoms with van der Waals surface area (Å²) in [5.74, 6) is -1.61. The highest BCUT2D eigenvalue weighted by Gasteiger charge is 2.34. The first-order valence-corrected chi connectivity index (χ1v) is 12.8. The summed E-state index contributed by atoms with van der Waals surface area (Å²) in [6, 6.07) is 15.0. The molecule has 37 heavy (non-hydrogen) atoms. The quantitative estimate of drug-likeness (QED) is 0.248. The molecular formula is C29H35NO7. The Morgan fingerprint density at radius 2 is 1.65 bits per heavy atom. The third-order valence-electron chi connectivity index (χ3n) is 6.67. The average Bonchev–Trinajstić information content (AvgIpc) is 3.35. The van der Waals surface area contributed by atoms with Gasteiger partial charge >= 0.3 is 11.9 Å². The molecular weight excluding hydrogens is 474 g/mol. The molecule has 0 radical (unpaired) electrons. The van der Waals surface area contributed by atoms with Gasteiger partial charge in [0, 0.05) is 30.1 Å². The molecule has 0 aromatic heterocycles. The Kier molecular flexibility index (Phi) is 10.4. The van der Waals surface area contributed by atoms with Crippen LogP contribution in [-0.4, -0.2) is 59.4 Å². The van der Waals surface area contributed by atoms with Crippen molar-refractivity contribution in [2.75, 3.05) is 19.8 Å². The van der Waals surface area contributed by atoms with E-state index in [1.54, 1.807) is 60.4 Å². The molecule has 0 bridgehead atoms. The van der Waals surface area contributed by atoms with E-state index in [1.165, 1.54) is 0 Å². The zero-order chi connectivity index (χ0) is 26.8. The summed E-state index contributed by atoms with van der Waals surface area (Å²) in [5.41, 5.74) is 1.07. The van der Waals surface area contributed by atoms with Crippen LogP contribution in [0.15, 0.2) is 54.6 Å². The molecule has 1 heterocycles. The van der Waals surface area contributed by atoms with Gasteiger partial charge in [-0.2, -0.15) is 0 Å². The van der Waals surface area contributed by atoms with Crippen molar-refractivity contribution in [1.29, 1.82) is 0 Å².